The molecule has 0 spiro atoms. The number of allylic oxidation sites excluding steroid dienone is 2. The lowest BCUT2D eigenvalue weighted by Crippen LogP contribution is -2.19. The predicted molar refractivity (Wildman–Crippen MR) is 140 cm³/mol. The van der Waals surface area contributed by atoms with Crippen molar-refractivity contribution in [3.63, 3.8) is 0 Å². The van der Waals surface area contributed by atoms with E-state index in [4.69, 9.17) is 4.74 Å². The van der Waals surface area contributed by atoms with Gasteiger partial charge in [-0.1, -0.05) is 122 Å². The van der Waals surface area contributed by atoms with Crippen molar-refractivity contribution < 1.29 is 19.4 Å². The van der Waals surface area contributed by atoms with Crippen molar-refractivity contribution in [2.75, 3.05) is 6.61 Å². The van der Waals surface area contributed by atoms with Gasteiger partial charge in [0.25, 0.3) is 0 Å². The van der Waals surface area contributed by atoms with Crippen molar-refractivity contribution in [3.8, 4) is 0 Å². The Balaban J connectivity index is 3.36. The Morgan fingerprint density at radius 1 is 0.697 bits per heavy atom. The van der Waals surface area contributed by atoms with E-state index in [1.807, 2.05) is 6.92 Å². The van der Waals surface area contributed by atoms with Crippen molar-refractivity contribution in [2.45, 2.75) is 149 Å². The van der Waals surface area contributed by atoms with E-state index in [-0.39, 0.29) is 12.4 Å². The molecule has 4 nitrogen and oxygen atoms in total. The molecule has 0 heterocycles. The third kappa shape index (κ3) is 23.6. The van der Waals surface area contributed by atoms with Gasteiger partial charge in [0.2, 0.25) is 0 Å². The van der Waals surface area contributed by atoms with Gasteiger partial charge in [0.1, 0.15) is 0 Å². The highest BCUT2D eigenvalue weighted by molar-refractivity contribution is 5.78. The summed E-state index contributed by atoms with van der Waals surface area (Å²) in [5, 5.41) is 9.30. The molecule has 0 aromatic heterocycles. The number of carboxylic acid groups (broad SMARTS) is 1. The van der Waals surface area contributed by atoms with E-state index >= 15 is 0 Å². The van der Waals surface area contributed by atoms with Crippen LogP contribution in [-0.2, 0) is 14.3 Å². The largest absolute Gasteiger partial charge is 0.481 e. The summed E-state index contributed by atoms with van der Waals surface area (Å²) in [7, 11) is 0. The maximum atomic E-state index is 11.6. The molecule has 0 fully saturated rings. The maximum Gasteiger partial charge on any atom is 0.307 e. The number of aliphatic carboxylic acids is 1. The van der Waals surface area contributed by atoms with Crippen LogP contribution in [0, 0.1) is 5.92 Å². The Labute approximate surface area is 204 Å². The van der Waals surface area contributed by atoms with Crippen molar-refractivity contribution >= 4 is 11.9 Å². The molecule has 0 amide bonds. The highest BCUT2D eigenvalue weighted by atomic mass is 16.5. The van der Waals surface area contributed by atoms with Crippen LogP contribution < -0.4 is 0 Å². The molecule has 0 saturated heterocycles. The van der Waals surface area contributed by atoms with Gasteiger partial charge in [0.15, 0.2) is 0 Å². The van der Waals surface area contributed by atoms with Crippen LogP contribution in [0.5, 0.6) is 0 Å². The topological polar surface area (TPSA) is 63.6 Å². The van der Waals surface area contributed by atoms with Crippen molar-refractivity contribution in [2.24, 2.45) is 5.92 Å². The summed E-state index contributed by atoms with van der Waals surface area (Å²) in [4.78, 5) is 23.0. The third-order valence-electron chi connectivity index (χ3n) is 6.31. The molecule has 0 aliphatic carbocycles. The van der Waals surface area contributed by atoms with E-state index in [9.17, 15) is 14.7 Å². The van der Waals surface area contributed by atoms with E-state index in [1.165, 1.54) is 96.3 Å². The fourth-order valence-electron chi connectivity index (χ4n) is 4.20. The molecule has 0 aliphatic rings. The molecule has 4 heteroatoms. The maximum absolute atomic E-state index is 11.6. The quantitative estimate of drug-likeness (QED) is 0.0828. The molecular weight excluding hydrogens is 412 g/mol. The molecular formula is C29H54O4. The summed E-state index contributed by atoms with van der Waals surface area (Å²) in [5.74, 6) is -1.85. The summed E-state index contributed by atoms with van der Waals surface area (Å²) in [5.41, 5.74) is 0. The van der Waals surface area contributed by atoms with E-state index in [0.717, 1.165) is 25.7 Å². The van der Waals surface area contributed by atoms with Gasteiger partial charge in [-0.25, -0.2) is 0 Å². The number of hydrogen-bond acceptors (Lipinski definition) is 3. The first-order valence-corrected chi connectivity index (χ1v) is 14.1. The number of unbranched alkanes of at least 4 members (excludes halogenated alkanes) is 16. The number of rotatable bonds is 25. The van der Waals surface area contributed by atoms with E-state index < -0.39 is 11.9 Å². The van der Waals surface area contributed by atoms with Gasteiger partial charge in [-0.15, -0.1) is 0 Å². The van der Waals surface area contributed by atoms with Gasteiger partial charge in [-0.05, 0) is 32.1 Å². The second-order valence-corrected chi connectivity index (χ2v) is 9.57. The minimum Gasteiger partial charge on any atom is -0.481 e. The number of hydrogen-bond donors (Lipinski definition) is 1. The van der Waals surface area contributed by atoms with Gasteiger partial charge in [0, 0.05) is 0 Å². The Kier molecular flexibility index (Phi) is 24.3. The molecule has 33 heavy (non-hydrogen) atoms. The molecule has 0 bridgehead atoms. The van der Waals surface area contributed by atoms with Crippen molar-refractivity contribution in [3.05, 3.63) is 12.2 Å². The standard InChI is InChI=1S/C29H54O4/c1-3-5-6-7-8-9-10-11-12-13-14-15-16-17-18-19-20-21-22-23-24-27(29(31)32)26-28(30)33-25-4-2/h5-6,27H,3-4,7-26H2,1-2H3,(H,31,32)/b6-5+. The lowest BCUT2D eigenvalue weighted by molar-refractivity contribution is -0.151. The lowest BCUT2D eigenvalue weighted by atomic mass is 9.97. The minimum atomic E-state index is -0.876. The summed E-state index contributed by atoms with van der Waals surface area (Å²) >= 11 is 0. The zero-order chi connectivity index (χ0) is 24.4. The van der Waals surface area contributed by atoms with Crippen molar-refractivity contribution in [1.82, 2.24) is 0 Å². The number of carbonyl (C=O) groups excluding carboxylic acids is 1. The van der Waals surface area contributed by atoms with E-state index in [1.54, 1.807) is 0 Å². The lowest BCUT2D eigenvalue weighted by Gasteiger charge is -2.11. The summed E-state index contributed by atoms with van der Waals surface area (Å²) in [6.07, 6.45) is 29.2. The summed E-state index contributed by atoms with van der Waals surface area (Å²) in [6.45, 7) is 4.50. The van der Waals surface area contributed by atoms with Crippen LogP contribution in [0.3, 0.4) is 0 Å². The molecule has 1 unspecified atom stereocenters. The monoisotopic (exact) mass is 466 g/mol. The Bertz CT molecular complexity index is 472. The van der Waals surface area contributed by atoms with Crippen LogP contribution >= 0.6 is 0 Å². The zero-order valence-corrected chi connectivity index (χ0v) is 22.0. The van der Waals surface area contributed by atoms with Crippen LogP contribution in [-0.4, -0.2) is 23.7 Å². The van der Waals surface area contributed by atoms with Gasteiger partial charge >= 0.3 is 11.9 Å². The Hall–Kier alpha value is -1.32. The first-order valence-electron chi connectivity index (χ1n) is 14.1. The normalized spacial score (nSPS) is 12.3. The molecule has 0 saturated carbocycles. The second kappa shape index (κ2) is 25.3. The van der Waals surface area contributed by atoms with E-state index in [0.29, 0.717) is 13.0 Å². The number of ether oxygens (including phenoxy) is 1. The van der Waals surface area contributed by atoms with Gasteiger partial charge in [-0.3, -0.25) is 9.59 Å². The molecule has 194 valence electrons. The number of carboxylic acids is 1. The molecule has 0 aliphatic heterocycles. The fraction of sp³-hybridized carbons (Fsp3) is 0.862. The smallest absolute Gasteiger partial charge is 0.307 e. The Morgan fingerprint density at radius 3 is 1.58 bits per heavy atom. The Morgan fingerprint density at radius 2 is 1.15 bits per heavy atom. The molecule has 1 N–H and O–H groups in total. The molecule has 0 aromatic carbocycles. The molecule has 0 radical (unpaired) electrons. The van der Waals surface area contributed by atoms with Crippen LogP contribution in [0.25, 0.3) is 0 Å². The number of carbonyl (C=O) groups is 2. The van der Waals surface area contributed by atoms with Gasteiger partial charge < -0.3 is 9.84 Å². The SMILES string of the molecule is CC/C=C/CCCCCCCCCCCCCCCCCCC(CC(=O)OCCC)C(=O)O. The van der Waals surface area contributed by atoms with Crippen LogP contribution in [0.1, 0.15) is 149 Å². The summed E-state index contributed by atoms with van der Waals surface area (Å²) < 4.78 is 5.01. The fourth-order valence-corrected chi connectivity index (χ4v) is 4.20. The van der Waals surface area contributed by atoms with Crippen LogP contribution in [0.4, 0.5) is 0 Å². The van der Waals surface area contributed by atoms with Gasteiger partial charge in [0.05, 0.1) is 18.9 Å². The molecule has 1 atom stereocenters. The number of esters is 1. The first kappa shape index (κ1) is 31.7. The molecule has 0 rings (SSSR count). The predicted octanol–water partition coefficient (Wildman–Crippen LogP) is 9.02. The third-order valence-corrected chi connectivity index (χ3v) is 6.31. The average molecular weight is 467 g/mol. The average Bonchev–Trinajstić information content (AvgIpc) is 2.80. The van der Waals surface area contributed by atoms with E-state index in [2.05, 4.69) is 19.1 Å². The summed E-state index contributed by atoms with van der Waals surface area (Å²) in [6, 6.07) is 0. The van der Waals surface area contributed by atoms with Crippen LogP contribution in [0.15, 0.2) is 12.2 Å². The second-order valence-electron chi connectivity index (χ2n) is 9.57. The highest BCUT2D eigenvalue weighted by Gasteiger charge is 2.21. The van der Waals surface area contributed by atoms with Crippen LogP contribution in [0.2, 0.25) is 0 Å². The highest BCUT2D eigenvalue weighted by Crippen LogP contribution is 2.18. The van der Waals surface area contributed by atoms with Crippen molar-refractivity contribution in [1.29, 1.82) is 0 Å². The zero-order valence-electron chi connectivity index (χ0n) is 22.0. The minimum absolute atomic E-state index is 0.00622. The van der Waals surface area contributed by atoms with Gasteiger partial charge in [-0.2, -0.15) is 0 Å². The first-order chi connectivity index (χ1) is 16.1. The molecule has 0 aromatic rings.